The van der Waals surface area contributed by atoms with Gasteiger partial charge in [0.1, 0.15) is 5.75 Å². The molecule has 174 valence electrons. The molecule has 5 nitrogen and oxygen atoms in total. The van der Waals surface area contributed by atoms with Gasteiger partial charge in [0, 0.05) is 17.9 Å². The van der Waals surface area contributed by atoms with Crippen molar-refractivity contribution in [3.63, 3.8) is 0 Å². The van der Waals surface area contributed by atoms with Gasteiger partial charge in [0.05, 0.1) is 16.8 Å². The van der Waals surface area contributed by atoms with Gasteiger partial charge in [-0.05, 0) is 76.5 Å². The number of anilines is 1. The molecule has 1 amide bonds. The number of carbonyl (C=O) groups is 1. The van der Waals surface area contributed by atoms with Crippen LogP contribution < -0.4 is 9.64 Å². The lowest BCUT2D eigenvalue weighted by atomic mass is 10.3. The Bertz CT molecular complexity index is 966. The molecular formula is C24H32ClN3O2S2. The maximum atomic E-state index is 13.1. The zero-order chi connectivity index (χ0) is 22.1. The molecule has 0 aliphatic rings. The van der Waals surface area contributed by atoms with Gasteiger partial charge in [0.2, 0.25) is 5.91 Å². The van der Waals surface area contributed by atoms with Crippen LogP contribution in [0.2, 0.25) is 0 Å². The van der Waals surface area contributed by atoms with Crippen LogP contribution in [0.3, 0.4) is 0 Å². The summed E-state index contributed by atoms with van der Waals surface area (Å²) in [4.78, 5) is 23.1. The molecule has 3 rings (SSSR count). The zero-order valence-corrected chi connectivity index (χ0v) is 21.4. The van der Waals surface area contributed by atoms with Crippen LogP contribution in [0.4, 0.5) is 5.13 Å². The topological polar surface area (TPSA) is 45.7 Å². The lowest BCUT2D eigenvalue weighted by molar-refractivity contribution is -0.118. The highest BCUT2D eigenvalue weighted by Gasteiger charge is 2.19. The van der Waals surface area contributed by atoms with Crippen LogP contribution in [0.1, 0.15) is 26.2 Å². The first-order chi connectivity index (χ1) is 15.1. The van der Waals surface area contributed by atoms with Gasteiger partial charge < -0.3 is 9.64 Å². The maximum Gasteiger partial charge on any atom is 0.228 e. The third kappa shape index (κ3) is 7.96. The smallest absolute Gasteiger partial charge is 0.228 e. The van der Waals surface area contributed by atoms with Crippen LogP contribution in [-0.4, -0.2) is 55.3 Å². The summed E-state index contributed by atoms with van der Waals surface area (Å²) in [6, 6.07) is 16.3. The van der Waals surface area contributed by atoms with E-state index in [1.165, 1.54) is 4.90 Å². The van der Waals surface area contributed by atoms with Crippen molar-refractivity contribution in [1.82, 2.24) is 9.88 Å². The van der Waals surface area contributed by atoms with Crippen molar-refractivity contribution in [2.75, 3.05) is 44.4 Å². The predicted octanol–water partition coefficient (Wildman–Crippen LogP) is 5.97. The highest BCUT2D eigenvalue weighted by Crippen LogP contribution is 2.32. The van der Waals surface area contributed by atoms with Crippen molar-refractivity contribution in [1.29, 1.82) is 0 Å². The Morgan fingerprint density at radius 2 is 1.88 bits per heavy atom. The molecule has 0 N–H and O–H groups in total. The number of hydrogen-bond donors (Lipinski definition) is 0. The maximum absolute atomic E-state index is 13.1. The molecule has 0 bridgehead atoms. The average Bonchev–Trinajstić information content (AvgIpc) is 3.18. The summed E-state index contributed by atoms with van der Waals surface area (Å²) in [7, 11) is 4.11. The number of aromatic nitrogens is 1. The molecule has 0 spiro atoms. The van der Waals surface area contributed by atoms with E-state index in [1.807, 2.05) is 48.2 Å². The Morgan fingerprint density at radius 3 is 2.59 bits per heavy atom. The Labute approximate surface area is 205 Å². The molecule has 0 radical (unpaired) electrons. The minimum atomic E-state index is 0. The van der Waals surface area contributed by atoms with Crippen molar-refractivity contribution < 1.29 is 9.53 Å². The Hall–Kier alpha value is -1.80. The first kappa shape index (κ1) is 26.5. The second-order valence-electron chi connectivity index (χ2n) is 7.53. The fourth-order valence-electron chi connectivity index (χ4n) is 3.20. The van der Waals surface area contributed by atoms with Crippen LogP contribution in [0.15, 0.2) is 53.4 Å². The molecule has 0 fully saturated rings. The number of thioether (sulfide) groups is 1. The van der Waals surface area contributed by atoms with E-state index < -0.39 is 0 Å². The standard InChI is InChI=1S/C24H31N3O2S2.ClH/c1-4-29-19-13-14-21-22(18-19)31-24(25-21)27(16-9-15-26(2)3)23(28)12-8-17-30-20-10-6-5-7-11-20;/h5-7,10-11,13-14,18H,4,8-9,12,15-17H2,1-3H3;1H. The quantitative estimate of drug-likeness (QED) is 0.229. The van der Waals surface area contributed by atoms with E-state index in [-0.39, 0.29) is 18.3 Å². The van der Waals surface area contributed by atoms with Crippen molar-refractivity contribution in [3.8, 4) is 5.75 Å². The van der Waals surface area contributed by atoms with Crippen LogP contribution in [-0.2, 0) is 4.79 Å². The molecule has 0 unspecified atom stereocenters. The van der Waals surface area contributed by atoms with Crippen LogP contribution >= 0.6 is 35.5 Å². The van der Waals surface area contributed by atoms with E-state index in [2.05, 4.69) is 31.1 Å². The molecule has 8 heteroatoms. The van der Waals surface area contributed by atoms with E-state index >= 15 is 0 Å². The van der Waals surface area contributed by atoms with Gasteiger partial charge in [-0.15, -0.1) is 24.2 Å². The lowest BCUT2D eigenvalue weighted by Gasteiger charge is -2.21. The SMILES string of the molecule is CCOc1ccc2nc(N(CCCN(C)C)C(=O)CCCSc3ccccc3)sc2c1.Cl. The van der Waals surface area contributed by atoms with Gasteiger partial charge >= 0.3 is 0 Å². The number of amides is 1. The van der Waals surface area contributed by atoms with Gasteiger partial charge in [0.25, 0.3) is 0 Å². The van der Waals surface area contributed by atoms with Crippen molar-refractivity contribution in [3.05, 3.63) is 48.5 Å². The minimum Gasteiger partial charge on any atom is -0.494 e. The van der Waals surface area contributed by atoms with Gasteiger partial charge in [-0.2, -0.15) is 0 Å². The number of halogens is 1. The minimum absolute atomic E-state index is 0. The molecule has 0 aliphatic heterocycles. The van der Waals surface area contributed by atoms with Crippen LogP contribution in [0, 0.1) is 0 Å². The van der Waals surface area contributed by atoms with Crippen LogP contribution in [0.25, 0.3) is 10.2 Å². The molecule has 1 heterocycles. The molecule has 32 heavy (non-hydrogen) atoms. The van der Waals surface area contributed by atoms with Gasteiger partial charge in [-0.25, -0.2) is 4.98 Å². The van der Waals surface area contributed by atoms with Gasteiger partial charge in [-0.1, -0.05) is 29.5 Å². The highest BCUT2D eigenvalue weighted by atomic mass is 35.5. The number of nitrogens with zero attached hydrogens (tertiary/aromatic N) is 3. The first-order valence-corrected chi connectivity index (χ1v) is 12.5. The highest BCUT2D eigenvalue weighted by molar-refractivity contribution is 7.99. The number of ether oxygens (including phenoxy) is 1. The molecule has 0 aliphatic carbocycles. The molecule has 0 atom stereocenters. The summed E-state index contributed by atoms with van der Waals surface area (Å²) in [5.41, 5.74) is 0.911. The zero-order valence-electron chi connectivity index (χ0n) is 19.0. The Kier molecular flexibility index (Phi) is 11.3. The number of fused-ring (bicyclic) bond motifs is 1. The lowest BCUT2D eigenvalue weighted by Crippen LogP contribution is -2.33. The largest absolute Gasteiger partial charge is 0.494 e. The summed E-state index contributed by atoms with van der Waals surface area (Å²) in [6.45, 7) is 4.23. The second-order valence-corrected chi connectivity index (χ2v) is 9.70. The summed E-state index contributed by atoms with van der Waals surface area (Å²) in [5, 5.41) is 0.781. The van der Waals surface area contributed by atoms with Crippen LogP contribution in [0.5, 0.6) is 5.75 Å². The number of carbonyl (C=O) groups excluding carboxylic acids is 1. The van der Waals surface area contributed by atoms with Crippen molar-refractivity contribution in [2.45, 2.75) is 31.1 Å². The summed E-state index contributed by atoms with van der Waals surface area (Å²) in [5.74, 6) is 1.92. The van der Waals surface area contributed by atoms with Crippen molar-refractivity contribution in [2.24, 2.45) is 0 Å². The monoisotopic (exact) mass is 493 g/mol. The summed E-state index contributed by atoms with van der Waals surface area (Å²) in [6.07, 6.45) is 2.29. The van der Waals surface area contributed by atoms with E-state index in [9.17, 15) is 4.79 Å². The Morgan fingerprint density at radius 1 is 1.09 bits per heavy atom. The van der Waals surface area contributed by atoms with E-state index in [1.54, 1.807) is 23.1 Å². The molecule has 0 saturated carbocycles. The predicted molar refractivity (Wildman–Crippen MR) is 140 cm³/mol. The fourth-order valence-corrected chi connectivity index (χ4v) is 5.11. The summed E-state index contributed by atoms with van der Waals surface area (Å²) >= 11 is 3.36. The van der Waals surface area contributed by atoms with E-state index in [4.69, 9.17) is 9.72 Å². The van der Waals surface area contributed by atoms with E-state index in [0.717, 1.165) is 46.2 Å². The van der Waals surface area contributed by atoms with E-state index in [0.29, 0.717) is 19.6 Å². The molecule has 0 saturated heterocycles. The van der Waals surface area contributed by atoms with Gasteiger partial charge in [0.15, 0.2) is 5.13 Å². The number of rotatable bonds is 12. The van der Waals surface area contributed by atoms with Gasteiger partial charge in [-0.3, -0.25) is 9.69 Å². The average molecular weight is 494 g/mol. The molecular weight excluding hydrogens is 462 g/mol. The third-order valence-corrected chi connectivity index (χ3v) is 6.86. The Balaban J connectivity index is 0.00000363. The number of thiazole rings is 1. The molecule has 2 aromatic carbocycles. The fraction of sp³-hybridized carbons (Fsp3) is 0.417. The first-order valence-electron chi connectivity index (χ1n) is 10.7. The number of hydrogen-bond acceptors (Lipinski definition) is 6. The normalized spacial score (nSPS) is 10.9. The third-order valence-electron chi connectivity index (χ3n) is 4.73. The van der Waals surface area contributed by atoms with Crippen molar-refractivity contribution >= 4 is 56.8 Å². The molecule has 1 aromatic heterocycles. The summed E-state index contributed by atoms with van der Waals surface area (Å²) < 4.78 is 6.66. The molecule has 3 aromatic rings. The number of benzene rings is 2. The second kappa shape index (κ2) is 13.7.